The molecule has 0 atom stereocenters. The van der Waals surface area contributed by atoms with E-state index in [0.717, 1.165) is 0 Å². The molecule has 0 saturated carbocycles. The minimum Gasteiger partial charge on any atom is -0.326 e. The normalized spacial score (nSPS) is 10.0. The molecule has 2 aromatic carbocycles. The molecule has 0 saturated heterocycles. The summed E-state index contributed by atoms with van der Waals surface area (Å²) in [7, 11) is 0. The number of anilines is 3. The third-order valence-corrected chi connectivity index (χ3v) is 3.71. The van der Waals surface area contributed by atoms with Gasteiger partial charge >= 0.3 is 0 Å². The van der Waals surface area contributed by atoms with Crippen LogP contribution in [-0.4, -0.2) is 30.0 Å². The zero-order valence-corrected chi connectivity index (χ0v) is 15.4. The highest BCUT2D eigenvalue weighted by Gasteiger charge is 2.17. The van der Waals surface area contributed by atoms with E-state index in [2.05, 4.69) is 10.6 Å². The van der Waals surface area contributed by atoms with Crippen LogP contribution < -0.4 is 15.5 Å². The summed E-state index contributed by atoms with van der Waals surface area (Å²) in [5.74, 6) is -1.06. The quantitative estimate of drug-likeness (QED) is 0.768. The standard InChI is InChI=1S/C20H21N3O4/c1-13(24)16-6-4-7-17(10-16)22-20(27)12-23(15(3)26)19-9-5-8-18(11-19)21-14(2)25/h4-11H,12H2,1-3H3,(H,21,25)(H,22,27). The van der Waals surface area contributed by atoms with Gasteiger partial charge < -0.3 is 15.5 Å². The predicted molar refractivity (Wildman–Crippen MR) is 104 cm³/mol. The van der Waals surface area contributed by atoms with E-state index in [4.69, 9.17) is 0 Å². The third-order valence-electron chi connectivity index (χ3n) is 3.71. The molecule has 0 aromatic heterocycles. The van der Waals surface area contributed by atoms with Gasteiger partial charge in [-0.1, -0.05) is 18.2 Å². The molecule has 2 rings (SSSR count). The number of nitrogens with zero attached hydrogens (tertiary/aromatic N) is 1. The van der Waals surface area contributed by atoms with Gasteiger partial charge in [-0.3, -0.25) is 19.2 Å². The molecule has 0 aliphatic heterocycles. The van der Waals surface area contributed by atoms with Gasteiger partial charge in [-0.2, -0.15) is 0 Å². The van der Waals surface area contributed by atoms with Crippen LogP contribution in [0.25, 0.3) is 0 Å². The summed E-state index contributed by atoms with van der Waals surface area (Å²) in [6, 6.07) is 13.2. The van der Waals surface area contributed by atoms with Crippen LogP contribution in [-0.2, 0) is 14.4 Å². The first-order valence-electron chi connectivity index (χ1n) is 8.33. The van der Waals surface area contributed by atoms with Gasteiger partial charge in [0.05, 0.1) is 0 Å². The molecular formula is C20H21N3O4. The largest absolute Gasteiger partial charge is 0.326 e. The van der Waals surface area contributed by atoms with Gasteiger partial charge in [0, 0.05) is 36.5 Å². The number of rotatable bonds is 6. The second kappa shape index (κ2) is 8.75. The molecule has 0 heterocycles. The molecule has 2 N–H and O–H groups in total. The van der Waals surface area contributed by atoms with Crippen molar-refractivity contribution in [1.82, 2.24) is 0 Å². The van der Waals surface area contributed by atoms with Crippen molar-refractivity contribution in [2.75, 3.05) is 22.1 Å². The fourth-order valence-corrected chi connectivity index (χ4v) is 2.50. The maximum absolute atomic E-state index is 12.4. The predicted octanol–water partition coefficient (Wildman–Crippen LogP) is 2.84. The lowest BCUT2D eigenvalue weighted by Gasteiger charge is -2.21. The Labute approximate surface area is 157 Å². The molecule has 0 unspecified atom stereocenters. The summed E-state index contributed by atoms with van der Waals surface area (Å²) < 4.78 is 0. The molecule has 0 aliphatic rings. The van der Waals surface area contributed by atoms with Crippen LogP contribution in [0.2, 0.25) is 0 Å². The fraction of sp³-hybridized carbons (Fsp3) is 0.200. The molecule has 0 aliphatic carbocycles. The fourth-order valence-electron chi connectivity index (χ4n) is 2.50. The second-order valence-electron chi connectivity index (χ2n) is 6.02. The Morgan fingerprint density at radius 2 is 1.48 bits per heavy atom. The topological polar surface area (TPSA) is 95.6 Å². The Morgan fingerprint density at radius 3 is 2.07 bits per heavy atom. The summed E-state index contributed by atoms with van der Waals surface area (Å²) in [5.41, 5.74) is 1.98. The van der Waals surface area contributed by atoms with Crippen molar-refractivity contribution in [2.45, 2.75) is 20.8 Å². The lowest BCUT2D eigenvalue weighted by atomic mass is 10.1. The molecule has 0 radical (unpaired) electrons. The zero-order chi connectivity index (χ0) is 20.0. The highest BCUT2D eigenvalue weighted by molar-refractivity contribution is 6.03. The van der Waals surface area contributed by atoms with Crippen molar-refractivity contribution in [2.24, 2.45) is 0 Å². The first kappa shape index (κ1) is 19.8. The van der Waals surface area contributed by atoms with Gasteiger partial charge in [-0.25, -0.2) is 0 Å². The molecule has 7 heteroatoms. The molecule has 0 spiro atoms. The number of amides is 3. The van der Waals surface area contributed by atoms with E-state index >= 15 is 0 Å². The summed E-state index contributed by atoms with van der Waals surface area (Å²) in [4.78, 5) is 48.4. The highest BCUT2D eigenvalue weighted by Crippen LogP contribution is 2.20. The summed E-state index contributed by atoms with van der Waals surface area (Å²) in [5, 5.41) is 5.32. The second-order valence-corrected chi connectivity index (χ2v) is 6.02. The maximum Gasteiger partial charge on any atom is 0.244 e. The van der Waals surface area contributed by atoms with Crippen molar-refractivity contribution in [1.29, 1.82) is 0 Å². The zero-order valence-electron chi connectivity index (χ0n) is 15.4. The smallest absolute Gasteiger partial charge is 0.244 e. The Morgan fingerprint density at radius 1 is 0.852 bits per heavy atom. The number of carbonyl (C=O) groups is 4. The summed E-state index contributed by atoms with van der Waals surface area (Å²) in [6.45, 7) is 3.98. The van der Waals surface area contributed by atoms with Crippen molar-refractivity contribution in [3.8, 4) is 0 Å². The van der Waals surface area contributed by atoms with Crippen LogP contribution >= 0.6 is 0 Å². The Bertz CT molecular complexity index is 892. The molecule has 0 fully saturated rings. The highest BCUT2D eigenvalue weighted by atomic mass is 16.2. The number of benzene rings is 2. The van der Waals surface area contributed by atoms with Crippen LogP contribution in [0.3, 0.4) is 0 Å². The molecular weight excluding hydrogens is 346 g/mol. The van der Waals surface area contributed by atoms with Gasteiger partial charge in [-0.15, -0.1) is 0 Å². The van der Waals surface area contributed by atoms with Gasteiger partial charge in [0.1, 0.15) is 6.54 Å². The van der Waals surface area contributed by atoms with E-state index in [9.17, 15) is 19.2 Å². The van der Waals surface area contributed by atoms with Crippen molar-refractivity contribution < 1.29 is 19.2 Å². The van der Waals surface area contributed by atoms with E-state index in [1.807, 2.05) is 0 Å². The minimum absolute atomic E-state index is 0.105. The Kier molecular flexibility index (Phi) is 6.43. The van der Waals surface area contributed by atoms with Crippen LogP contribution in [0.15, 0.2) is 48.5 Å². The number of Topliss-reactive ketones (excluding diaryl/α,β-unsaturated/α-hetero) is 1. The number of nitrogens with one attached hydrogen (secondary N) is 2. The lowest BCUT2D eigenvalue weighted by Crippen LogP contribution is -2.36. The van der Waals surface area contributed by atoms with Gasteiger partial charge in [0.15, 0.2) is 5.78 Å². The Balaban J connectivity index is 2.15. The van der Waals surface area contributed by atoms with Gasteiger partial charge in [0.25, 0.3) is 0 Å². The van der Waals surface area contributed by atoms with Crippen LogP contribution in [0, 0.1) is 0 Å². The van der Waals surface area contributed by atoms with E-state index in [1.165, 1.54) is 25.7 Å². The average Bonchev–Trinajstić information content (AvgIpc) is 2.59. The van der Waals surface area contributed by atoms with Gasteiger partial charge in [-0.05, 0) is 37.3 Å². The third kappa shape index (κ3) is 5.78. The monoisotopic (exact) mass is 367 g/mol. The SMILES string of the molecule is CC(=O)Nc1cccc(N(CC(=O)Nc2cccc(C(C)=O)c2)C(C)=O)c1. The lowest BCUT2D eigenvalue weighted by molar-refractivity contribution is -0.120. The van der Waals surface area contributed by atoms with Crippen LogP contribution in [0.4, 0.5) is 17.1 Å². The molecule has 27 heavy (non-hydrogen) atoms. The van der Waals surface area contributed by atoms with E-state index < -0.39 is 5.91 Å². The van der Waals surface area contributed by atoms with Crippen molar-refractivity contribution in [3.63, 3.8) is 0 Å². The number of hydrogen-bond donors (Lipinski definition) is 2. The van der Waals surface area contributed by atoms with E-state index in [-0.39, 0.29) is 24.1 Å². The van der Waals surface area contributed by atoms with Gasteiger partial charge in [0.2, 0.25) is 17.7 Å². The molecule has 2 aromatic rings. The molecule has 3 amide bonds. The average molecular weight is 367 g/mol. The number of hydrogen-bond acceptors (Lipinski definition) is 4. The molecule has 140 valence electrons. The maximum atomic E-state index is 12.4. The number of ketones is 1. The van der Waals surface area contributed by atoms with E-state index in [0.29, 0.717) is 22.6 Å². The summed E-state index contributed by atoms with van der Waals surface area (Å²) >= 11 is 0. The number of carbonyl (C=O) groups excluding carboxylic acids is 4. The van der Waals surface area contributed by atoms with Crippen molar-refractivity contribution >= 4 is 40.6 Å². The summed E-state index contributed by atoms with van der Waals surface area (Å²) in [6.07, 6.45) is 0. The van der Waals surface area contributed by atoms with Crippen LogP contribution in [0.1, 0.15) is 31.1 Å². The first-order valence-corrected chi connectivity index (χ1v) is 8.33. The first-order chi connectivity index (χ1) is 12.8. The van der Waals surface area contributed by atoms with E-state index in [1.54, 1.807) is 48.5 Å². The minimum atomic E-state index is -0.407. The van der Waals surface area contributed by atoms with Crippen LogP contribution in [0.5, 0.6) is 0 Å². The molecule has 0 bridgehead atoms. The Hall–Kier alpha value is -3.48. The van der Waals surface area contributed by atoms with Crippen molar-refractivity contribution in [3.05, 3.63) is 54.1 Å². The molecule has 7 nitrogen and oxygen atoms in total.